The van der Waals surface area contributed by atoms with Crippen LogP contribution in [0, 0.1) is 17.0 Å². The number of carbonyl (C=O) groups is 2. The molecule has 19 heavy (non-hydrogen) atoms. The highest BCUT2D eigenvalue weighted by molar-refractivity contribution is 5.98. The fourth-order valence-corrected chi connectivity index (χ4v) is 1.53. The minimum atomic E-state index is -0.948. The normalized spacial score (nSPS) is 9.95. The fourth-order valence-electron chi connectivity index (χ4n) is 1.53. The zero-order chi connectivity index (χ0) is 14.4. The Morgan fingerprint density at radius 1 is 1.42 bits per heavy atom. The van der Waals surface area contributed by atoms with Gasteiger partial charge >= 0.3 is 5.97 Å². The molecule has 0 fully saturated rings. The van der Waals surface area contributed by atoms with Crippen LogP contribution in [0.15, 0.2) is 18.2 Å². The molecule has 1 amide bonds. The first-order valence-corrected chi connectivity index (χ1v) is 5.67. The third kappa shape index (κ3) is 4.38. The Hall–Kier alpha value is -2.44. The lowest BCUT2D eigenvalue weighted by Crippen LogP contribution is -2.25. The fraction of sp³-hybridized carbons (Fsp3) is 0.333. The van der Waals surface area contributed by atoms with Crippen molar-refractivity contribution in [1.82, 2.24) is 5.32 Å². The van der Waals surface area contributed by atoms with Crippen LogP contribution in [0.25, 0.3) is 0 Å². The summed E-state index contributed by atoms with van der Waals surface area (Å²) < 4.78 is 0. The first kappa shape index (κ1) is 14.6. The van der Waals surface area contributed by atoms with E-state index < -0.39 is 16.8 Å². The van der Waals surface area contributed by atoms with Crippen molar-refractivity contribution >= 4 is 17.6 Å². The van der Waals surface area contributed by atoms with E-state index in [1.54, 1.807) is 13.0 Å². The summed E-state index contributed by atoms with van der Waals surface area (Å²) in [6, 6.07) is 4.27. The largest absolute Gasteiger partial charge is 0.481 e. The molecule has 0 heterocycles. The SMILES string of the molecule is Cc1ccc([N+](=O)[O-])c(C(=O)NCCCC(=O)O)c1. The number of hydrogen-bond acceptors (Lipinski definition) is 4. The van der Waals surface area contributed by atoms with E-state index in [0.29, 0.717) is 0 Å². The Morgan fingerprint density at radius 2 is 2.11 bits per heavy atom. The number of carbonyl (C=O) groups excluding carboxylic acids is 1. The van der Waals surface area contributed by atoms with Crippen LogP contribution >= 0.6 is 0 Å². The van der Waals surface area contributed by atoms with Gasteiger partial charge in [-0.1, -0.05) is 6.07 Å². The van der Waals surface area contributed by atoms with Crippen molar-refractivity contribution < 1.29 is 19.6 Å². The van der Waals surface area contributed by atoms with Gasteiger partial charge in [-0.2, -0.15) is 0 Å². The molecule has 0 aliphatic heterocycles. The number of nitro benzene ring substituents is 1. The summed E-state index contributed by atoms with van der Waals surface area (Å²) in [6.45, 7) is 1.89. The third-order valence-electron chi connectivity index (χ3n) is 2.45. The van der Waals surface area contributed by atoms with E-state index in [1.807, 2.05) is 0 Å². The molecular formula is C12H14N2O5. The highest BCUT2D eigenvalue weighted by Gasteiger charge is 2.19. The Kier molecular flexibility index (Phi) is 4.99. The van der Waals surface area contributed by atoms with Gasteiger partial charge in [0.1, 0.15) is 5.56 Å². The van der Waals surface area contributed by atoms with Crippen LogP contribution < -0.4 is 5.32 Å². The molecule has 102 valence electrons. The van der Waals surface area contributed by atoms with Crippen molar-refractivity contribution in [3.63, 3.8) is 0 Å². The molecule has 0 aromatic heterocycles. The number of rotatable bonds is 6. The predicted molar refractivity (Wildman–Crippen MR) is 67.0 cm³/mol. The van der Waals surface area contributed by atoms with Crippen LogP contribution in [0.3, 0.4) is 0 Å². The number of hydrogen-bond donors (Lipinski definition) is 2. The summed E-state index contributed by atoms with van der Waals surface area (Å²) in [6.07, 6.45) is 0.219. The van der Waals surface area contributed by atoms with Gasteiger partial charge in [-0.05, 0) is 25.0 Å². The number of benzene rings is 1. The average Bonchev–Trinajstić information content (AvgIpc) is 2.33. The summed E-state index contributed by atoms with van der Waals surface area (Å²) in [7, 11) is 0. The molecule has 0 saturated carbocycles. The van der Waals surface area contributed by atoms with E-state index in [2.05, 4.69) is 5.32 Å². The van der Waals surface area contributed by atoms with Crippen molar-refractivity contribution in [1.29, 1.82) is 0 Å². The van der Waals surface area contributed by atoms with Crippen LogP contribution in [0.2, 0.25) is 0 Å². The molecule has 0 aliphatic carbocycles. The Morgan fingerprint density at radius 3 is 2.68 bits per heavy atom. The molecule has 0 saturated heterocycles. The van der Waals surface area contributed by atoms with E-state index in [1.165, 1.54) is 12.1 Å². The van der Waals surface area contributed by atoms with Crippen LogP contribution in [0.1, 0.15) is 28.8 Å². The Bertz CT molecular complexity index is 513. The minimum Gasteiger partial charge on any atom is -0.481 e. The number of aryl methyl sites for hydroxylation is 1. The summed E-state index contributed by atoms with van der Waals surface area (Å²) in [5.41, 5.74) is 0.461. The molecule has 0 spiro atoms. The van der Waals surface area contributed by atoms with Crippen LogP contribution in [0.5, 0.6) is 0 Å². The van der Waals surface area contributed by atoms with Gasteiger partial charge in [0.15, 0.2) is 0 Å². The standard InChI is InChI=1S/C12H14N2O5/c1-8-4-5-10(14(18)19)9(7-8)12(17)13-6-2-3-11(15)16/h4-5,7H,2-3,6H2,1H3,(H,13,17)(H,15,16). The van der Waals surface area contributed by atoms with Crippen molar-refractivity contribution in [2.24, 2.45) is 0 Å². The monoisotopic (exact) mass is 266 g/mol. The number of nitrogens with zero attached hydrogens (tertiary/aromatic N) is 1. The lowest BCUT2D eigenvalue weighted by Gasteiger charge is -2.05. The van der Waals surface area contributed by atoms with Crippen molar-refractivity contribution in [2.75, 3.05) is 6.54 Å². The summed E-state index contributed by atoms with van der Waals surface area (Å²) >= 11 is 0. The highest BCUT2D eigenvalue weighted by Crippen LogP contribution is 2.19. The number of nitrogens with one attached hydrogen (secondary N) is 1. The van der Waals surface area contributed by atoms with Crippen LogP contribution in [-0.2, 0) is 4.79 Å². The van der Waals surface area contributed by atoms with Crippen LogP contribution in [-0.4, -0.2) is 28.5 Å². The van der Waals surface area contributed by atoms with Gasteiger partial charge in [-0.3, -0.25) is 19.7 Å². The molecule has 7 heteroatoms. The third-order valence-corrected chi connectivity index (χ3v) is 2.45. The number of aliphatic carboxylic acids is 1. The number of carboxylic acids is 1. The maximum Gasteiger partial charge on any atom is 0.303 e. The maximum absolute atomic E-state index is 11.8. The predicted octanol–water partition coefficient (Wildman–Crippen LogP) is 1.50. The second kappa shape index (κ2) is 6.48. The van der Waals surface area contributed by atoms with Gasteiger partial charge < -0.3 is 10.4 Å². The van der Waals surface area contributed by atoms with Gasteiger partial charge in [0, 0.05) is 19.0 Å². The lowest BCUT2D eigenvalue weighted by atomic mass is 10.1. The first-order chi connectivity index (χ1) is 8.91. The maximum atomic E-state index is 11.8. The van der Waals surface area contributed by atoms with Crippen molar-refractivity contribution in [2.45, 2.75) is 19.8 Å². The molecule has 0 aliphatic rings. The minimum absolute atomic E-state index is 0.0136. The number of nitro groups is 1. The lowest BCUT2D eigenvalue weighted by molar-refractivity contribution is -0.385. The smallest absolute Gasteiger partial charge is 0.303 e. The van der Waals surface area contributed by atoms with Crippen molar-refractivity contribution in [3.8, 4) is 0 Å². The second-order valence-electron chi connectivity index (χ2n) is 4.03. The highest BCUT2D eigenvalue weighted by atomic mass is 16.6. The van der Waals surface area contributed by atoms with E-state index in [4.69, 9.17) is 5.11 Å². The van der Waals surface area contributed by atoms with Crippen LogP contribution in [0.4, 0.5) is 5.69 Å². The summed E-state index contributed by atoms with van der Waals surface area (Å²) in [5, 5.41) is 21.7. The average molecular weight is 266 g/mol. The molecule has 1 rings (SSSR count). The zero-order valence-corrected chi connectivity index (χ0v) is 10.4. The molecule has 1 aromatic carbocycles. The van der Waals surface area contributed by atoms with E-state index in [9.17, 15) is 19.7 Å². The summed E-state index contributed by atoms with van der Waals surface area (Å²) in [4.78, 5) is 32.3. The second-order valence-corrected chi connectivity index (χ2v) is 4.03. The Balaban J connectivity index is 2.73. The quantitative estimate of drug-likeness (QED) is 0.460. The molecular weight excluding hydrogens is 252 g/mol. The molecule has 0 bridgehead atoms. The molecule has 7 nitrogen and oxygen atoms in total. The van der Waals surface area contributed by atoms with Crippen molar-refractivity contribution in [3.05, 3.63) is 39.4 Å². The van der Waals surface area contributed by atoms with Gasteiger partial charge in [-0.15, -0.1) is 0 Å². The zero-order valence-electron chi connectivity index (χ0n) is 10.4. The molecule has 0 unspecified atom stereocenters. The molecule has 0 atom stereocenters. The van der Waals surface area contributed by atoms with Gasteiger partial charge in [-0.25, -0.2) is 0 Å². The Labute approximate surface area is 109 Å². The molecule has 0 radical (unpaired) electrons. The first-order valence-electron chi connectivity index (χ1n) is 5.67. The van der Waals surface area contributed by atoms with E-state index in [0.717, 1.165) is 5.56 Å². The van der Waals surface area contributed by atoms with E-state index in [-0.39, 0.29) is 30.6 Å². The number of carboxylic acid groups (broad SMARTS) is 1. The van der Waals surface area contributed by atoms with Gasteiger partial charge in [0.25, 0.3) is 11.6 Å². The van der Waals surface area contributed by atoms with Gasteiger partial charge in [0.2, 0.25) is 0 Å². The van der Waals surface area contributed by atoms with E-state index >= 15 is 0 Å². The molecule has 2 N–H and O–H groups in total. The topological polar surface area (TPSA) is 110 Å². The van der Waals surface area contributed by atoms with Gasteiger partial charge in [0.05, 0.1) is 4.92 Å². The number of amides is 1. The molecule has 1 aromatic rings. The summed E-state index contributed by atoms with van der Waals surface area (Å²) in [5.74, 6) is -1.52.